The van der Waals surface area contributed by atoms with Crippen LogP contribution in [-0.2, 0) is 23.9 Å². The van der Waals surface area contributed by atoms with Gasteiger partial charge < -0.3 is 9.47 Å². The van der Waals surface area contributed by atoms with Crippen LogP contribution in [0.4, 0.5) is 0 Å². The zero-order valence-corrected chi connectivity index (χ0v) is 13.2. The maximum absolute atomic E-state index is 11.4. The molecule has 0 spiro atoms. The van der Waals surface area contributed by atoms with Gasteiger partial charge in [0.05, 0.1) is 0 Å². The third-order valence-corrected chi connectivity index (χ3v) is 5.76. The van der Waals surface area contributed by atoms with Gasteiger partial charge in [-0.15, -0.1) is 0 Å². The van der Waals surface area contributed by atoms with Crippen LogP contribution in [0.5, 0.6) is 0 Å². The highest BCUT2D eigenvalue weighted by Crippen LogP contribution is 2.39. The van der Waals surface area contributed by atoms with Gasteiger partial charge >= 0.3 is 11.9 Å². The van der Waals surface area contributed by atoms with Crippen LogP contribution in [0.2, 0.25) is 0 Å². The number of Topliss-reactive ketones (excluding diaryl/α,β-unsaturated/α-hetero) is 1. The van der Waals surface area contributed by atoms with E-state index < -0.39 is 11.8 Å². The number of hydrogen-bond donors (Lipinski definition) is 0. The van der Waals surface area contributed by atoms with Gasteiger partial charge in [0.1, 0.15) is 13.2 Å². The first-order valence-electron chi connectivity index (χ1n) is 6.71. The lowest BCUT2D eigenvalue weighted by Gasteiger charge is -2.07. The molecule has 1 rings (SSSR count). The molecule has 7 heteroatoms. The second-order valence-corrected chi connectivity index (χ2v) is 7.27. The summed E-state index contributed by atoms with van der Waals surface area (Å²) < 4.78 is 9.48. The van der Waals surface area contributed by atoms with Crippen LogP contribution in [0, 0.1) is 0 Å². The molecule has 0 saturated carbocycles. The minimum atomic E-state index is -0.895. The molecule has 0 aliphatic carbocycles. The molecule has 0 amide bonds. The lowest BCUT2D eigenvalue weighted by molar-refractivity contribution is -0.156. The van der Waals surface area contributed by atoms with E-state index in [9.17, 15) is 14.4 Å². The fourth-order valence-electron chi connectivity index (χ4n) is 1.67. The summed E-state index contributed by atoms with van der Waals surface area (Å²) in [7, 11) is 3.87. The van der Waals surface area contributed by atoms with E-state index in [1.54, 1.807) is 0 Å². The fourth-order valence-corrected chi connectivity index (χ4v) is 4.70. The van der Waals surface area contributed by atoms with E-state index in [0.29, 0.717) is 6.42 Å². The predicted molar refractivity (Wildman–Crippen MR) is 79.5 cm³/mol. The molecule has 0 aromatic heterocycles. The van der Waals surface area contributed by atoms with Gasteiger partial charge in [0.25, 0.3) is 0 Å². The molecule has 1 unspecified atom stereocenters. The summed E-state index contributed by atoms with van der Waals surface area (Å²) in [6, 6.07) is 0. The highest BCUT2D eigenvalue weighted by Gasteiger charge is 2.16. The third kappa shape index (κ3) is 7.79. The molecule has 0 bridgehead atoms. The Morgan fingerprint density at radius 2 is 1.90 bits per heavy atom. The summed E-state index contributed by atoms with van der Waals surface area (Å²) in [4.78, 5) is 32.8. The monoisotopic (exact) mass is 320 g/mol. The van der Waals surface area contributed by atoms with Gasteiger partial charge in [-0.3, -0.25) is 9.59 Å². The first kappa shape index (κ1) is 17.4. The van der Waals surface area contributed by atoms with E-state index in [0.717, 1.165) is 31.4 Å². The third-order valence-electron chi connectivity index (χ3n) is 2.75. The Bertz CT molecular complexity index is 340. The Morgan fingerprint density at radius 3 is 2.55 bits per heavy atom. The first-order valence-corrected chi connectivity index (χ1v) is 9.09. The number of unbranched alkanes of at least 4 members (excludes halogenated alkanes) is 1. The van der Waals surface area contributed by atoms with Gasteiger partial charge in [-0.2, -0.15) is 0 Å². The molecule has 1 saturated heterocycles. The van der Waals surface area contributed by atoms with E-state index >= 15 is 0 Å². The van der Waals surface area contributed by atoms with E-state index in [4.69, 9.17) is 4.74 Å². The van der Waals surface area contributed by atoms with Crippen LogP contribution in [0.15, 0.2) is 0 Å². The molecule has 5 nitrogen and oxygen atoms in total. The number of carbonyl (C=O) groups excluding carboxylic acids is 3. The molecule has 114 valence electrons. The predicted octanol–water partition coefficient (Wildman–Crippen LogP) is 2.38. The van der Waals surface area contributed by atoms with Crippen molar-refractivity contribution in [2.24, 2.45) is 0 Å². The van der Waals surface area contributed by atoms with Crippen molar-refractivity contribution in [3.8, 4) is 0 Å². The van der Waals surface area contributed by atoms with Gasteiger partial charge in [-0.25, -0.2) is 4.79 Å². The molecule has 1 aliphatic rings. The van der Waals surface area contributed by atoms with E-state index in [1.807, 2.05) is 21.6 Å². The quantitative estimate of drug-likeness (QED) is 0.279. The molecular formula is C13H20O5S2. The van der Waals surface area contributed by atoms with Crippen molar-refractivity contribution >= 4 is 39.3 Å². The standard InChI is InChI=1S/C13H20O5S2/c1-10(14)13(16)18-8-7-17-12(15)5-3-2-4-11-6-9-19-20-11/h11H,2-9H2,1H3. The Morgan fingerprint density at radius 1 is 1.15 bits per heavy atom. The van der Waals surface area contributed by atoms with Crippen molar-refractivity contribution in [1.29, 1.82) is 0 Å². The van der Waals surface area contributed by atoms with Gasteiger partial charge in [0, 0.05) is 24.3 Å². The molecule has 1 heterocycles. The Hall–Kier alpha value is -0.690. The van der Waals surface area contributed by atoms with Crippen LogP contribution in [-0.4, -0.2) is 41.9 Å². The maximum atomic E-state index is 11.4. The number of carbonyl (C=O) groups is 3. The Kier molecular flexibility index (Phi) is 8.77. The number of rotatable bonds is 9. The minimum absolute atomic E-state index is 0.00691. The van der Waals surface area contributed by atoms with E-state index in [-0.39, 0.29) is 19.2 Å². The van der Waals surface area contributed by atoms with Crippen LogP contribution in [0.3, 0.4) is 0 Å². The summed E-state index contributed by atoms with van der Waals surface area (Å²) in [5.74, 6) is -0.597. The highest BCUT2D eigenvalue weighted by atomic mass is 33.1. The molecule has 20 heavy (non-hydrogen) atoms. The molecular weight excluding hydrogens is 300 g/mol. The zero-order chi connectivity index (χ0) is 14.8. The van der Waals surface area contributed by atoms with Crippen LogP contribution >= 0.6 is 21.6 Å². The van der Waals surface area contributed by atoms with E-state index in [2.05, 4.69) is 4.74 Å². The maximum Gasteiger partial charge on any atom is 0.374 e. The van der Waals surface area contributed by atoms with Crippen molar-refractivity contribution in [3.63, 3.8) is 0 Å². The molecule has 1 atom stereocenters. The fraction of sp³-hybridized carbons (Fsp3) is 0.769. The van der Waals surface area contributed by atoms with Crippen molar-refractivity contribution in [1.82, 2.24) is 0 Å². The molecule has 0 N–H and O–H groups in total. The Balaban J connectivity index is 1.92. The van der Waals surface area contributed by atoms with Crippen molar-refractivity contribution in [2.45, 2.75) is 44.3 Å². The molecule has 1 fully saturated rings. The summed E-state index contributed by atoms with van der Waals surface area (Å²) in [5.41, 5.74) is 0. The van der Waals surface area contributed by atoms with Gasteiger partial charge in [0.15, 0.2) is 0 Å². The van der Waals surface area contributed by atoms with Crippen LogP contribution in [0.25, 0.3) is 0 Å². The summed E-state index contributed by atoms with van der Waals surface area (Å²) in [6.07, 6.45) is 4.67. The minimum Gasteiger partial charge on any atom is -0.462 e. The van der Waals surface area contributed by atoms with Gasteiger partial charge in [-0.1, -0.05) is 28.0 Å². The number of ether oxygens (including phenoxy) is 2. The first-order chi connectivity index (χ1) is 9.59. The topological polar surface area (TPSA) is 69.7 Å². The van der Waals surface area contributed by atoms with Gasteiger partial charge in [0.2, 0.25) is 5.78 Å². The molecule has 1 aliphatic heterocycles. The molecule has 0 radical (unpaired) electrons. The van der Waals surface area contributed by atoms with Crippen LogP contribution in [0.1, 0.15) is 39.0 Å². The second-order valence-electron chi connectivity index (χ2n) is 4.49. The average molecular weight is 320 g/mol. The highest BCUT2D eigenvalue weighted by molar-refractivity contribution is 8.77. The lowest BCUT2D eigenvalue weighted by atomic mass is 10.1. The Labute approximate surface area is 126 Å². The number of esters is 2. The summed E-state index contributed by atoms with van der Waals surface area (Å²) >= 11 is 0. The van der Waals surface area contributed by atoms with Crippen molar-refractivity contribution in [3.05, 3.63) is 0 Å². The van der Waals surface area contributed by atoms with Crippen molar-refractivity contribution < 1.29 is 23.9 Å². The largest absolute Gasteiger partial charge is 0.462 e. The van der Waals surface area contributed by atoms with E-state index in [1.165, 1.54) is 12.2 Å². The zero-order valence-electron chi connectivity index (χ0n) is 11.6. The number of ketones is 1. The average Bonchev–Trinajstić information content (AvgIpc) is 2.92. The summed E-state index contributed by atoms with van der Waals surface area (Å²) in [6.45, 7) is 1.07. The molecule has 0 aromatic rings. The second kappa shape index (κ2) is 10.1. The lowest BCUT2D eigenvalue weighted by Crippen LogP contribution is -2.18. The molecule has 0 aromatic carbocycles. The van der Waals surface area contributed by atoms with Crippen molar-refractivity contribution in [2.75, 3.05) is 19.0 Å². The van der Waals surface area contributed by atoms with Crippen LogP contribution < -0.4 is 0 Å². The van der Waals surface area contributed by atoms with Gasteiger partial charge in [-0.05, 0) is 19.3 Å². The number of hydrogen-bond acceptors (Lipinski definition) is 7. The SMILES string of the molecule is CC(=O)C(=O)OCCOC(=O)CCCCC1CCSS1. The summed E-state index contributed by atoms with van der Waals surface area (Å²) in [5, 5.41) is 0.738. The smallest absolute Gasteiger partial charge is 0.374 e. The normalized spacial score (nSPS) is 17.8.